The Labute approximate surface area is 149 Å². The van der Waals surface area contributed by atoms with Crippen molar-refractivity contribution >= 4 is 5.91 Å². The van der Waals surface area contributed by atoms with E-state index in [2.05, 4.69) is 20.2 Å². The van der Waals surface area contributed by atoms with Gasteiger partial charge in [-0.1, -0.05) is 6.07 Å². The molecule has 132 valence electrons. The Hall–Kier alpha value is -2.27. The molecular weight excluding hydrogens is 312 g/mol. The Morgan fingerprint density at radius 3 is 2.80 bits per heavy atom. The average molecular weight is 338 g/mol. The molecule has 0 unspecified atom stereocenters. The summed E-state index contributed by atoms with van der Waals surface area (Å²) in [7, 11) is 1.74. The van der Waals surface area contributed by atoms with Gasteiger partial charge in [0, 0.05) is 32.2 Å². The van der Waals surface area contributed by atoms with Crippen molar-refractivity contribution in [2.45, 2.75) is 44.2 Å². The fourth-order valence-electron chi connectivity index (χ4n) is 3.87. The van der Waals surface area contributed by atoms with Crippen LogP contribution in [0.2, 0.25) is 0 Å². The lowest BCUT2D eigenvalue weighted by molar-refractivity contribution is -0.132. The van der Waals surface area contributed by atoms with Gasteiger partial charge in [0.1, 0.15) is 5.54 Å². The van der Waals surface area contributed by atoms with Crippen LogP contribution in [0, 0.1) is 0 Å². The Bertz CT molecular complexity index is 677. The van der Waals surface area contributed by atoms with Crippen LogP contribution in [0.3, 0.4) is 0 Å². The number of aromatic nitrogens is 2. The fourth-order valence-corrected chi connectivity index (χ4v) is 3.87. The minimum Gasteiger partial charge on any atom is -0.358 e. The summed E-state index contributed by atoms with van der Waals surface area (Å²) < 4.78 is 0. The van der Waals surface area contributed by atoms with Crippen LogP contribution < -0.4 is 5.32 Å². The second-order valence-electron chi connectivity index (χ2n) is 6.67. The number of carbonyl (C=O) groups excluding carboxylic acids is 1. The molecule has 5 heteroatoms. The molecule has 1 fully saturated rings. The van der Waals surface area contributed by atoms with Gasteiger partial charge < -0.3 is 5.32 Å². The summed E-state index contributed by atoms with van der Waals surface area (Å²) in [5, 5.41) is 2.90. The largest absolute Gasteiger partial charge is 0.358 e. The van der Waals surface area contributed by atoms with Gasteiger partial charge in [-0.05, 0) is 68.5 Å². The summed E-state index contributed by atoms with van der Waals surface area (Å²) >= 11 is 0. The average Bonchev–Trinajstić information content (AvgIpc) is 3.06. The first-order valence-electron chi connectivity index (χ1n) is 9.01. The van der Waals surface area contributed by atoms with Crippen LogP contribution in [0.4, 0.5) is 0 Å². The quantitative estimate of drug-likeness (QED) is 0.843. The molecule has 0 saturated carbocycles. The normalized spacial score (nSPS) is 20.5. The number of hydrogen-bond acceptors (Lipinski definition) is 4. The van der Waals surface area contributed by atoms with Gasteiger partial charge >= 0.3 is 0 Å². The Morgan fingerprint density at radius 2 is 2.08 bits per heavy atom. The van der Waals surface area contributed by atoms with Crippen LogP contribution in [-0.2, 0) is 17.8 Å². The summed E-state index contributed by atoms with van der Waals surface area (Å²) in [5.41, 5.74) is 1.88. The molecule has 1 amide bonds. The summed E-state index contributed by atoms with van der Waals surface area (Å²) in [6.45, 7) is 1.67. The van der Waals surface area contributed by atoms with E-state index in [1.807, 2.05) is 48.9 Å². The second kappa shape index (κ2) is 8.21. The number of aryl methyl sites for hydroxylation is 1. The molecule has 0 radical (unpaired) electrons. The first-order chi connectivity index (χ1) is 12.2. The minimum atomic E-state index is -0.417. The van der Waals surface area contributed by atoms with Crippen molar-refractivity contribution in [3.8, 4) is 0 Å². The van der Waals surface area contributed by atoms with Gasteiger partial charge in [0.05, 0.1) is 5.69 Å². The topological polar surface area (TPSA) is 58.1 Å². The van der Waals surface area contributed by atoms with E-state index < -0.39 is 5.54 Å². The van der Waals surface area contributed by atoms with Gasteiger partial charge in [0.2, 0.25) is 5.91 Å². The van der Waals surface area contributed by atoms with E-state index in [0.717, 1.165) is 50.9 Å². The predicted molar refractivity (Wildman–Crippen MR) is 97.9 cm³/mol. The third-order valence-electron chi connectivity index (χ3n) is 5.16. The first-order valence-corrected chi connectivity index (χ1v) is 9.01. The van der Waals surface area contributed by atoms with Crippen molar-refractivity contribution in [2.75, 3.05) is 13.6 Å². The lowest BCUT2D eigenvalue weighted by atomic mass is 9.87. The number of amides is 1. The van der Waals surface area contributed by atoms with E-state index in [1.54, 1.807) is 7.05 Å². The molecule has 0 aromatic carbocycles. The number of nitrogens with zero attached hydrogens (tertiary/aromatic N) is 3. The summed E-state index contributed by atoms with van der Waals surface area (Å²) in [4.78, 5) is 23.6. The molecule has 3 heterocycles. The molecule has 0 bridgehead atoms. The monoisotopic (exact) mass is 338 g/mol. The van der Waals surface area contributed by atoms with Gasteiger partial charge in [-0.15, -0.1) is 0 Å². The van der Waals surface area contributed by atoms with Crippen LogP contribution in [0.5, 0.6) is 0 Å². The van der Waals surface area contributed by atoms with Gasteiger partial charge in [-0.25, -0.2) is 0 Å². The lowest BCUT2D eigenvalue weighted by Crippen LogP contribution is -2.54. The Kier molecular flexibility index (Phi) is 5.76. The van der Waals surface area contributed by atoms with Crippen LogP contribution in [0.1, 0.15) is 36.9 Å². The van der Waals surface area contributed by atoms with E-state index in [-0.39, 0.29) is 5.91 Å². The highest BCUT2D eigenvalue weighted by Gasteiger charge is 2.46. The third-order valence-corrected chi connectivity index (χ3v) is 5.16. The SMILES string of the molecule is CNC(=O)[C@@]1(CCCc2ccncc2)CCCN1Cc1ccccn1. The maximum absolute atomic E-state index is 12.8. The molecule has 3 rings (SSSR count). The highest BCUT2D eigenvalue weighted by Crippen LogP contribution is 2.35. The minimum absolute atomic E-state index is 0.135. The molecular formula is C20H26N4O. The van der Waals surface area contributed by atoms with Gasteiger partial charge in [0.25, 0.3) is 0 Å². The van der Waals surface area contributed by atoms with Crippen molar-refractivity contribution in [2.24, 2.45) is 0 Å². The summed E-state index contributed by atoms with van der Waals surface area (Å²) in [6, 6.07) is 10.1. The molecule has 0 spiro atoms. The smallest absolute Gasteiger partial charge is 0.240 e. The van der Waals surface area contributed by atoms with Crippen molar-refractivity contribution in [1.29, 1.82) is 0 Å². The third kappa shape index (κ3) is 4.04. The maximum atomic E-state index is 12.8. The number of rotatable bonds is 7. The van der Waals surface area contributed by atoms with E-state index in [0.29, 0.717) is 0 Å². The van der Waals surface area contributed by atoms with E-state index in [1.165, 1.54) is 5.56 Å². The van der Waals surface area contributed by atoms with E-state index in [9.17, 15) is 4.79 Å². The van der Waals surface area contributed by atoms with Crippen molar-refractivity contribution < 1.29 is 4.79 Å². The molecule has 1 atom stereocenters. The van der Waals surface area contributed by atoms with Crippen LogP contribution in [0.15, 0.2) is 48.9 Å². The summed E-state index contributed by atoms with van der Waals surface area (Å²) in [6.07, 6.45) is 10.2. The zero-order valence-electron chi connectivity index (χ0n) is 14.8. The molecule has 0 aliphatic carbocycles. The molecule has 2 aromatic rings. The number of likely N-dealkylation sites (N-methyl/N-ethyl adjacent to an activating group) is 1. The standard InChI is InChI=1S/C20H26N4O/c1-21-19(25)20(10-4-6-17-8-13-22-14-9-17)11-5-15-24(20)16-18-7-2-3-12-23-18/h2-3,7-9,12-14H,4-6,10-11,15-16H2,1H3,(H,21,25)/t20-/m1/s1. The van der Waals surface area contributed by atoms with Crippen molar-refractivity contribution in [3.05, 3.63) is 60.2 Å². The molecule has 25 heavy (non-hydrogen) atoms. The molecule has 1 saturated heterocycles. The van der Waals surface area contributed by atoms with Crippen molar-refractivity contribution in [3.63, 3.8) is 0 Å². The van der Waals surface area contributed by atoms with E-state index in [4.69, 9.17) is 0 Å². The molecule has 1 aliphatic rings. The molecule has 2 aromatic heterocycles. The zero-order chi connectivity index (χ0) is 17.5. The first kappa shape index (κ1) is 17.5. The predicted octanol–water partition coefficient (Wildman–Crippen LogP) is 2.58. The maximum Gasteiger partial charge on any atom is 0.240 e. The molecule has 1 aliphatic heterocycles. The van der Waals surface area contributed by atoms with Gasteiger partial charge in [0.15, 0.2) is 0 Å². The number of likely N-dealkylation sites (tertiary alicyclic amines) is 1. The zero-order valence-corrected chi connectivity index (χ0v) is 14.8. The molecule has 1 N–H and O–H groups in total. The number of nitrogens with one attached hydrogen (secondary N) is 1. The number of pyridine rings is 2. The Balaban J connectivity index is 1.71. The van der Waals surface area contributed by atoms with Crippen LogP contribution in [-0.4, -0.2) is 39.9 Å². The van der Waals surface area contributed by atoms with Crippen LogP contribution >= 0.6 is 0 Å². The Morgan fingerprint density at radius 1 is 1.24 bits per heavy atom. The number of hydrogen-bond donors (Lipinski definition) is 1. The van der Waals surface area contributed by atoms with Crippen molar-refractivity contribution in [1.82, 2.24) is 20.2 Å². The fraction of sp³-hybridized carbons (Fsp3) is 0.450. The highest BCUT2D eigenvalue weighted by molar-refractivity contribution is 5.86. The van der Waals surface area contributed by atoms with Gasteiger partial charge in [-0.2, -0.15) is 0 Å². The highest BCUT2D eigenvalue weighted by atomic mass is 16.2. The van der Waals surface area contributed by atoms with Crippen LogP contribution in [0.25, 0.3) is 0 Å². The molecule has 5 nitrogen and oxygen atoms in total. The summed E-state index contributed by atoms with van der Waals surface area (Å²) in [5.74, 6) is 0.135. The second-order valence-corrected chi connectivity index (χ2v) is 6.67. The lowest BCUT2D eigenvalue weighted by Gasteiger charge is -2.37. The van der Waals surface area contributed by atoms with Gasteiger partial charge in [-0.3, -0.25) is 19.7 Å². The number of carbonyl (C=O) groups is 1. The van der Waals surface area contributed by atoms with E-state index >= 15 is 0 Å².